The Morgan fingerprint density at radius 2 is 1.76 bits per heavy atom. The number of hydrogen-bond donors (Lipinski definition) is 3. The minimum Gasteiger partial charge on any atom is -0.406 e. The molecule has 10 heteroatoms. The maximum Gasteiger partial charge on any atom is 0.573 e. The van der Waals surface area contributed by atoms with Crippen molar-refractivity contribution in [3.63, 3.8) is 0 Å². The lowest BCUT2D eigenvalue weighted by Crippen LogP contribution is -2.19. The van der Waals surface area contributed by atoms with E-state index in [2.05, 4.69) is 25.3 Å². The van der Waals surface area contributed by atoms with E-state index >= 15 is 0 Å². The number of aromatic nitrogens is 2. The Morgan fingerprint density at radius 3 is 2.45 bits per heavy atom. The summed E-state index contributed by atoms with van der Waals surface area (Å²) in [5, 5.41) is 5.99. The maximum absolute atomic E-state index is 12.7. The molecule has 0 aliphatic heterocycles. The number of carbonyl (C=O) groups is 1. The Morgan fingerprint density at radius 1 is 1.03 bits per heavy atom. The van der Waals surface area contributed by atoms with Gasteiger partial charge in [-0.1, -0.05) is 25.0 Å². The summed E-state index contributed by atoms with van der Waals surface area (Å²) < 4.78 is 42.0. The van der Waals surface area contributed by atoms with Crippen LogP contribution in [0, 0.1) is 0 Å². The van der Waals surface area contributed by atoms with Crippen LogP contribution in [0.3, 0.4) is 0 Å². The summed E-state index contributed by atoms with van der Waals surface area (Å²) in [5.74, 6) is -0.268. The molecule has 0 radical (unpaired) electrons. The average molecular weight is 457 g/mol. The van der Waals surface area contributed by atoms with Gasteiger partial charge in [-0.2, -0.15) is 4.98 Å². The van der Waals surface area contributed by atoms with Crippen LogP contribution in [-0.2, 0) is 0 Å². The van der Waals surface area contributed by atoms with Crippen LogP contribution in [-0.4, -0.2) is 28.3 Å². The Balaban J connectivity index is 1.65. The van der Waals surface area contributed by atoms with Crippen LogP contribution in [0.2, 0.25) is 0 Å². The number of rotatable bonds is 6. The van der Waals surface area contributed by atoms with Crippen molar-refractivity contribution < 1.29 is 22.7 Å². The van der Waals surface area contributed by atoms with Gasteiger partial charge in [-0.05, 0) is 49.2 Å². The van der Waals surface area contributed by atoms with Crippen molar-refractivity contribution in [2.45, 2.75) is 38.1 Å². The standard InChI is InChI=1S/C23H22F3N5O2/c24-23(25,26)33-18-7-3-4-15(12-18)19-13-20(30-21(32)14-8-10-16(27)11-9-14)31-22(29-19)28-17-5-1-2-6-17/h3-4,7-13,17H,1-2,5-6,27H2,(H2,28,29,30,31,32). The summed E-state index contributed by atoms with van der Waals surface area (Å²) in [6.45, 7) is 0. The minimum atomic E-state index is -4.81. The second kappa shape index (κ2) is 9.35. The van der Waals surface area contributed by atoms with Crippen molar-refractivity contribution in [1.29, 1.82) is 0 Å². The molecular weight excluding hydrogens is 435 g/mol. The van der Waals surface area contributed by atoms with Crippen LogP contribution in [0.5, 0.6) is 5.75 Å². The van der Waals surface area contributed by atoms with E-state index in [1.54, 1.807) is 30.3 Å². The third-order valence-corrected chi connectivity index (χ3v) is 5.19. The molecule has 1 aliphatic carbocycles. The van der Waals surface area contributed by atoms with Crippen LogP contribution in [0.25, 0.3) is 11.3 Å². The molecule has 2 aromatic carbocycles. The molecule has 0 bridgehead atoms. The Hall–Kier alpha value is -3.82. The van der Waals surface area contributed by atoms with Crippen molar-refractivity contribution in [2.75, 3.05) is 16.4 Å². The predicted octanol–water partition coefficient (Wildman–Crippen LogP) is 5.23. The number of amides is 1. The number of nitrogen functional groups attached to an aromatic ring is 1. The number of carbonyl (C=O) groups excluding carboxylic acids is 1. The van der Waals surface area contributed by atoms with E-state index in [4.69, 9.17) is 5.73 Å². The number of anilines is 3. The highest BCUT2D eigenvalue weighted by molar-refractivity contribution is 6.04. The number of nitrogens with one attached hydrogen (secondary N) is 2. The molecule has 1 aliphatic rings. The zero-order chi connectivity index (χ0) is 23.4. The largest absolute Gasteiger partial charge is 0.573 e. The quantitative estimate of drug-likeness (QED) is 0.438. The van der Waals surface area contributed by atoms with E-state index < -0.39 is 12.3 Å². The Labute approximate surface area is 188 Å². The number of nitrogens with two attached hydrogens (primary N) is 1. The van der Waals surface area contributed by atoms with Crippen LogP contribution in [0.4, 0.5) is 30.6 Å². The molecule has 1 fully saturated rings. The first kappa shape index (κ1) is 22.4. The van der Waals surface area contributed by atoms with Gasteiger partial charge in [-0.25, -0.2) is 4.98 Å². The smallest absolute Gasteiger partial charge is 0.406 e. The highest BCUT2D eigenvalue weighted by atomic mass is 19.4. The topological polar surface area (TPSA) is 102 Å². The predicted molar refractivity (Wildman–Crippen MR) is 119 cm³/mol. The molecule has 1 saturated carbocycles. The third-order valence-electron chi connectivity index (χ3n) is 5.19. The molecule has 33 heavy (non-hydrogen) atoms. The lowest BCUT2D eigenvalue weighted by molar-refractivity contribution is -0.274. The summed E-state index contributed by atoms with van der Waals surface area (Å²) in [5.41, 5.74) is 7.31. The van der Waals surface area contributed by atoms with Gasteiger partial charge in [0.05, 0.1) is 5.69 Å². The molecular formula is C23H22F3N5O2. The highest BCUT2D eigenvalue weighted by Crippen LogP contribution is 2.29. The van der Waals surface area contributed by atoms with Gasteiger partial charge in [-0.3, -0.25) is 4.79 Å². The van der Waals surface area contributed by atoms with Gasteiger partial charge in [0.1, 0.15) is 11.6 Å². The van der Waals surface area contributed by atoms with Crippen molar-refractivity contribution in [1.82, 2.24) is 9.97 Å². The fourth-order valence-electron chi connectivity index (χ4n) is 3.65. The van der Waals surface area contributed by atoms with Gasteiger partial charge in [-0.15, -0.1) is 13.2 Å². The zero-order valence-electron chi connectivity index (χ0n) is 17.5. The van der Waals surface area contributed by atoms with Gasteiger partial charge in [0.15, 0.2) is 0 Å². The van der Waals surface area contributed by atoms with E-state index in [0.29, 0.717) is 22.5 Å². The lowest BCUT2D eigenvalue weighted by Gasteiger charge is -2.15. The number of hydrogen-bond acceptors (Lipinski definition) is 6. The molecule has 0 atom stereocenters. The van der Waals surface area contributed by atoms with Gasteiger partial charge in [0.25, 0.3) is 5.91 Å². The molecule has 0 unspecified atom stereocenters. The first-order valence-corrected chi connectivity index (χ1v) is 10.4. The SMILES string of the molecule is Nc1ccc(C(=O)Nc2cc(-c3cccc(OC(F)(F)F)c3)nc(NC3CCCC3)n2)cc1. The van der Waals surface area contributed by atoms with Crippen LogP contribution < -0.4 is 21.1 Å². The zero-order valence-corrected chi connectivity index (χ0v) is 17.5. The van der Waals surface area contributed by atoms with Crippen molar-refractivity contribution in [3.8, 4) is 17.0 Å². The fraction of sp³-hybridized carbons (Fsp3) is 0.261. The average Bonchev–Trinajstić information content (AvgIpc) is 3.26. The summed E-state index contributed by atoms with van der Waals surface area (Å²) in [6.07, 6.45) is -0.688. The first-order chi connectivity index (χ1) is 15.7. The molecule has 0 saturated heterocycles. The van der Waals surface area contributed by atoms with Crippen LogP contribution in [0.1, 0.15) is 36.0 Å². The van der Waals surface area contributed by atoms with Crippen LogP contribution in [0.15, 0.2) is 54.6 Å². The number of alkyl halides is 3. The summed E-state index contributed by atoms with van der Waals surface area (Å²) in [6, 6.07) is 13.6. The van der Waals surface area contributed by atoms with Crippen LogP contribution >= 0.6 is 0 Å². The minimum absolute atomic E-state index is 0.195. The van der Waals surface area contributed by atoms with E-state index in [0.717, 1.165) is 25.7 Å². The molecule has 7 nitrogen and oxygen atoms in total. The Kier molecular flexibility index (Phi) is 6.34. The highest BCUT2D eigenvalue weighted by Gasteiger charge is 2.31. The van der Waals surface area contributed by atoms with Gasteiger partial charge >= 0.3 is 6.36 Å². The maximum atomic E-state index is 12.7. The molecule has 1 amide bonds. The Bertz CT molecular complexity index is 1130. The third kappa shape index (κ3) is 6.12. The van der Waals surface area contributed by atoms with Crippen molar-refractivity contribution in [2.24, 2.45) is 0 Å². The number of halogens is 3. The number of nitrogens with zero attached hydrogens (tertiary/aromatic N) is 2. The second-order valence-corrected chi connectivity index (χ2v) is 7.74. The second-order valence-electron chi connectivity index (χ2n) is 7.74. The monoisotopic (exact) mass is 457 g/mol. The van der Waals surface area contributed by atoms with Crippen molar-refractivity contribution >= 4 is 23.4 Å². The first-order valence-electron chi connectivity index (χ1n) is 10.4. The van der Waals surface area contributed by atoms with E-state index in [9.17, 15) is 18.0 Å². The van der Waals surface area contributed by atoms with Crippen molar-refractivity contribution in [3.05, 3.63) is 60.2 Å². The molecule has 1 aromatic heterocycles. The van der Waals surface area contributed by atoms with E-state index in [1.807, 2.05) is 0 Å². The molecule has 3 aromatic rings. The molecule has 0 spiro atoms. The summed E-state index contributed by atoms with van der Waals surface area (Å²) in [4.78, 5) is 21.5. The number of ether oxygens (including phenoxy) is 1. The number of benzene rings is 2. The summed E-state index contributed by atoms with van der Waals surface area (Å²) in [7, 11) is 0. The normalized spacial score (nSPS) is 14.2. The molecule has 4 rings (SSSR count). The van der Waals surface area contributed by atoms with Gasteiger partial charge in [0.2, 0.25) is 5.95 Å². The van der Waals surface area contributed by atoms with Gasteiger partial charge < -0.3 is 21.1 Å². The summed E-state index contributed by atoms with van der Waals surface area (Å²) >= 11 is 0. The fourth-order valence-corrected chi connectivity index (χ4v) is 3.65. The van der Waals surface area contributed by atoms with Gasteiger partial charge in [0, 0.05) is 28.9 Å². The lowest BCUT2D eigenvalue weighted by atomic mass is 10.1. The van der Waals surface area contributed by atoms with E-state index in [-0.39, 0.29) is 23.6 Å². The molecule has 172 valence electrons. The molecule has 4 N–H and O–H groups in total. The molecule has 1 heterocycles. The van der Waals surface area contributed by atoms with E-state index in [1.165, 1.54) is 24.3 Å².